The summed E-state index contributed by atoms with van der Waals surface area (Å²) in [5.41, 5.74) is 1.31. The summed E-state index contributed by atoms with van der Waals surface area (Å²) in [7, 11) is 3.39. The van der Waals surface area contributed by atoms with E-state index in [1.807, 2.05) is 0 Å². The Hall–Kier alpha value is -3.05. The number of fused-ring (bicyclic) bond motifs is 2. The fourth-order valence-electron chi connectivity index (χ4n) is 3.60. The Morgan fingerprint density at radius 3 is 1.94 bits per heavy atom. The summed E-state index contributed by atoms with van der Waals surface area (Å²) in [6.45, 7) is 1.93. The second-order valence-electron chi connectivity index (χ2n) is 8.22. The number of carboxylic acid groups (broad SMARTS) is 2. The van der Waals surface area contributed by atoms with Crippen molar-refractivity contribution in [1.29, 1.82) is 0 Å². The number of cyclic esters (lactones) is 2. The molecule has 0 saturated carbocycles. The highest BCUT2D eigenvalue weighted by molar-refractivity contribution is 5.78. The van der Waals surface area contributed by atoms with Gasteiger partial charge in [0.25, 0.3) is 0 Å². The Balaban J connectivity index is 2.32. The molecule has 2 bridgehead atoms. The lowest BCUT2D eigenvalue weighted by atomic mass is 10.1. The number of nitrogens with zero attached hydrogens (tertiary/aromatic N) is 3. The number of hydrogen-bond acceptors (Lipinski definition) is 9. The molecular weight excluding hydrogens is 434 g/mol. The molecule has 0 aliphatic carbocycles. The van der Waals surface area contributed by atoms with E-state index in [1.165, 1.54) is 0 Å². The molecule has 1 aromatic rings. The van der Waals surface area contributed by atoms with Crippen LogP contribution in [0.5, 0.6) is 0 Å². The molecule has 2 heterocycles. The lowest BCUT2D eigenvalue weighted by Crippen LogP contribution is -2.42. The number of aliphatic carboxylic acids is 2. The first-order valence-corrected chi connectivity index (χ1v) is 10.7. The summed E-state index contributed by atoms with van der Waals surface area (Å²) in [6.07, 6.45) is -1.08. The molecule has 0 spiro atoms. The topological polar surface area (TPSA) is 147 Å². The highest BCUT2D eigenvalue weighted by atomic mass is 16.6. The quantitative estimate of drug-likeness (QED) is 0.578. The van der Waals surface area contributed by atoms with Crippen LogP contribution < -0.4 is 0 Å². The molecule has 11 nitrogen and oxygen atoms in total. The van der Waals surface area contributed by atoms with Crippen molar-refractivity contribution in [3.63, 3.8) is 0 Å². The van der Waals surface area contributed by atoms with Gasteiger partial charge in [0, 0.05) is 25.9 Å². The fraction of sp³-hybridized carbons (Fsp3) is 0.591. The van der Waals surface area contributed by atoms with E-state index in [9.17, 15) is 19.2 Å². The van der Waals surface area contributed by atoms with Gasteiger partial charge in [-0.25, -0.2) is 0 Å². The normalized spacial score (nSPS) is 23.7. The van der Waals surface area contributed by atoms with Gasteiger partial charge < -0.3 is 19.7 Å². The molecule has 0 aromatic carbocycles. The van der Waals surface area contributed by atoms with Crippen LogP contribution in [0.25, 0.3) is 0 Å². The number of hydrogen-bond donors (Lipinski definition) is 2. The van der Waals surface area contributed by atoms with E-state index in [0.29, 0.717) is 11.4 Å². The van der Waals surface area contributed by atoms with Crippen LogP contribution in [0.3, 0.4) is 0 Å². The molecular formula is C22H31N3O8. The lowest BCUT2D eigenvalue weighted by molar-refractivity contribution is -0.165. The summed E-state index contributed by atoms with van der Waals surface area (Å²) in [4.78, 5) is 55.6. The second kappa shape index (κ2) is 12.3. The summed E-state index contributed by atoms with van der Waals surface area (Å²) in [5, 5.41) is 18.1. The van der Waals surface area contributed by atoms with Gasteiger partial charge in [0.05, 0.1) is 11.4 Å². The number of esters is 2. The number of carboxylic acids is 2. The van der Waals surface area contributed by atoms with Gasteiger partial charge in [0.15, 0.2) is 0 Å². The first-order valence-electron chi connectivity index (χ1n) is 10.7. The number of aromatic nitrogens is 1. The van der Waals surface area contributed by atoms with Crippen molar-refractivity contribution in [2.24, 2.45) is 0 Å². The minimum absolute atomic E-state index is 0.0524. The Morgan fingerprint density at radius 2 is 1.45 bits per heavy atom. The molecule has 3 unspecified atom stereocenters. The largest absolute Gasteiger partial charge is 0.481 e. The SMILES string of the molecule is CC1COC(=O)C(CCC(=O)O)N(C)Cc2cccc(n2)CN(C)C(CCC(=O)O)C(=O)O1. The zero-order chi connectivity index (χ0) is 24.5. The average Bonchev–Trinajstić information content (AvgIpc) is 2.71. The maximum Gasteiger partial charge on any atom is 0.323 e. The van der Waals surface area contributed by atoms with Crippen LogP contribution in [-0.2, 0) is 41.7 Å². The predicted octanol–water partition coefficient (Wildman–Crippen LogP) is 0.901. The standard InChI is InChI=1S/C22H31N3O8/c1-14-13-32-21(30)17(7-9-19(26)27)24(2)11-15-5-4-6-16(23-15)12-25(3)18(22(31)33-14)8-10-20(28)29/h4-6,14,17-18H,7-13H2,1-3H3,(H,26,27)(H,28,29). The summed E-state index contributed by atoms with van der Waals surface area (Å²) in [5.74, 6) is -3.28. The average molecular weight is 466 g/mol. The van der Waals surface area contributed by atoms with Crippen molar-refractivity contribution >= 4 is 23.9 Å². The van der Waals surface area contributed by atoms with E-state index in [-0.39, 0.29) is 45.4 Å². The number of likely N-dealkylation sites (N-methyl/N-ethyl adjacent to an activating group) is 2. The molecule has 0 amide bonds. The lowest BCUT2D eigenvalue weighted by Gasteiger charge is -2.27. The predicted molar refractivity (Wildman–Crippen MR) is 115 cm³/mol. The van der Waals surface area contributed by atoms with Crippen LogP contribution in [0.1, 0.15) is 44.0 Å². The van der Waals surface area contributed by atoms with Crippen molar-refractivity contribution in [2.75, 3.05) is 20.7 Å². The van der Waals surface area contributed by atoms with E-state index in [4.69, 9.17) is 19.7 Å². The molecule has 2 rings (SSSR count). The maximum atomic E-state index is 12.8. The minimum Gasteiger partial charge on any atom is -0.481 e. The number of pyridine rings is 1. The number of rotatable bonds is 6. The van der Waals surface area contributed by atoms with E-state index in [2.05, 4.69) is 4.98 Å². The minimum atomic E-state index is -1.02. The molecule has 11 heteroatoms. The highest BCUT2D eigenvalue weighted by Crippen LogP contribution is 2.16. The molecule has 182 valence electrons. The van der Waals surface area contributed by atoms with Crippen molar-refractivity contribution in [1.82, 2.24) is 14.8 Å². The zero-order valence-corrected chi connectivity index (χ0v) is 19.1. The monoisotopic (exact) mass is 465 g/mol. The van der Waals surface area contributed by atoms with Crippen molar-refractivity contribution in [2.45, 2.75) is 63.9 Å². The number of carbonyl (C=O) groups is 4. The van der Waals surface area contributed by atoms with Gasteiger partial charge in [-0.3, -0.25) is 34.0 Å². The number of ether oxygens (including phenoxy) is 2. The van der Waals surface area contributed by atoms with Gasteiger partial charge in [-0.15, -0.1) is 0 Å². The van der Waals surface area contributed by atoms with E-state index < -0.39 is 42.1 Å². The van der Waals surface area contributed by atoms with Gasteiger partial charge in [0.1, 0.15) is 24.8 Å². The second-order valence-corrected chi connectivity index (χ2v) is 8.22. The molecule has 1 aliphatic rings. The van der Waals surface area contributed by atoms with Crippen LogP contribution in [0.15, 0.2) is 18.2 Å². The zero-order valence-electron chi connectivity index (χ0n) is 19.1. The van der Waals surface area contributed by atoms with Gasteiger partial charge in [-0.05, 0) is 46.0 Å². The third-order valence-corrected chi connectivity index (χ3v) is 5.34. The van der Waals surface area contributed by atoms with Crippen molar-refractivity contribution in [3.05, 3.63) is 29.6 Å². The molecule has 33 heavy (non-hydrogen) atoms. The van der Waals surface area contributed by atoms with Crippen LogP contribution in [0.2, 0.25) is 0 Å². The fourth-order valence-corrected chi connectivity index (χ4v) is 3.60. The molecule has 1 aromatic heterocycles. The van der Waals surface area contributed by atoms with E-state index in [1.54, 1.807) is 49.0 Å². The van der Waals surface area contributed by atoms with Gasteiger partial charge in [-0.2, -0.15) is 0 Å². The third-order valence-electron chi connectivity index (χ3n) is 5.34. The first-order chi connectivity index (χ1) is 15.6. The van der Waals surface area contributed by atoms with Crippen LogP contribution in [-0.4, -0.2) is 87.8 Å². The molecule has 1 aliphatic heterocycles. The molecule has 0 saturated heterocycles. The highest BCUT2D eigenvalue weighted by Gasteiger charge is 2.30. The van der Waals surface area contributed by atoms with Crippen molar-refractivity contribution in [3.8, 4) is 0 Å². The summed E-state index contributed by atoms with van der Waals surface area (Å²) >= 11 is 0. The Kier molecular flexibility index (Phi) is 9.74. The first kappa shape index (κ1) is 26.2. The van der Waals surface area contributed by atoms with Gasteiger partial charge in [0.2, 0.25) is 0 Å². The molecule has 2 N–H and O–H groups in total. The molecule has 3 atom stereocenters. The Bertz CT molecular complexity index is 862. The van der Waals surface area contributed by atoms with Crippen molar-refractivity contribution < 1.29 is 38.9 Å². The van der Waals surface area contributed by atoms with Crippen LogP contribution >= 0.6 is 0 Å². The summed E-state index contributed by atoms with van der Waals surface area (Å²) < 4.78 is 10.8. The Morgan fingerprint density at radius 1 is 0.970 bits per heavy atom. The van der Waals surface area contributed by atoms with Crippen LogP contribution in [0, 0.1) is 0 Å². The summed E-state index contributed by atoms with van der Waals surface area (Å²) in [6, 6.07) is 3.74. The smallest absolute Gasteiger partial charge is 0.323 e. The van der Waals surface area contributed by atoms with E-state index >= 15 is 0 Å². The number of carbonyl (C=O) groups excluding carboxylic acids is 2. The van der Waals surface area contributed by atoms with Crippen LogP contribution in [0.4, 0.5) is 0 Å². The third kappa shape index (κ3) is 8.43. The maximum absolute atomic E-state index is 12.8. The molecule has 0 radical (unpaired) electrons. The Labute approximate surface area is 192 Å². The van der Waals surface area contributed by atoms with Gasteiger partial charge >= 0.3 is 23.9 Å². The molecule has 0 fully saturated rings. The van der Waals surface area contributed by atoms with E-state index in [0.717, 1.165) is 0 Å². The van der Waals surface area contributed by atoms with Gasteiger partial charge in [-0.1, -0.05) is 6.07 Å².